The Morgan fingerprint density at radius 2 is 2.33 bits per heavy atom. The van der Waals surface area contributed by atoms with Gasteiger partial charge in [0.1, 0.15) is 12.2 Å². The molecule has 4 N–H and O–H groups in total. The number of rotatable bonds is 6. The highest BCUT2D eigenvalue weighted by Gasteiger charge is 2.44. The van der Waals surface area contributed by atoms with Gasteiger partial charge in [0.2, 0.25) is 0 Å². The standard InChI is InChI=1S/C15H18N2O4/c1-2-11(20-15(17)19)14-13(21-14)10-6-4-3-5-9(10)7-8-12(16)18/h3-8,11,13-14H,2H2,1H3,(H2,16,18)(H2,17,19)/q-2/b9-7+/t11-,13-,14+/m1/s1. The number of carbonyl (C=O) groups is 2. The number of primary amides is 2. The maximum absolute atomic E-state index is 10.9. The van der Waals surface area contributed by atoms with E-state index in [4.69, 9.17) is 20.9 Å². The van der Waals surface area contributed by atoms with Crippen molar-refractivity contribution in [3.63, 3.8) is 0 Å². The van der Waals surface area contributed by atoms with Crippen LogP contribution >= 0.6 is 0 Å². The maximum Gasteiger partial charge on any atom is 0.404 e. The number of allylic oxidation sites excluding steroid dienone is 3. The van der Waals surface area contributed by atoms with Crippen molar-refractivity contribution in [2.75, 3.05) is 0 Å². The molecule has 2 amide bonds. The van der Waals surface area contributed by atoms with Crippen molar-refractivity contribution < 1.29 is 19.1 Å². The Labute approximate surface area is 123 Å². The first kappa shape index (κ1) is 15.1. The molecule has 0 saturated carbocycles. The van der Waals surface area contributed by atoms with Crippen LogP contribution in [-0.4, -0.2) is 30.3 Å². The van der Waals surface area contributed by atoms with E-state index in [1.807, 2.05) is 31.6 Å². The zero-order chi connectivity index (χ0) is 15.4. The third-order valence-corrected chi connectivity index (χ3v) is 3.29. The SMILES string of the molecule is CC[C@@H](OC(N)=O)[C@@H]1O[C@@H]1C1=C[CH-]C=C/C1=C\[CH-]C(N)=O. The van der Waals surface area contributed by atoms with Gasteiger partial charge in [-0.25, -0.2) is 22.5 Å². The highest BCUT2D eigenvalue weighted by Crippen LogP contribution is 2.39. The molecule has 2 rings (SSSR count). The average molecular weight is 290 g/mol. The Morgan fingerprint density at radius 3 is 2.95 bits per heavy atom. The highest BCUT2D eigenvalue weighted by molar-refractivity contribution is 5.85. The van der Waals surface area contributed by atoms with E-state index in [0.29, 0.717) is 6.42 Å². The third-order valence-electron chi connectivity index (χ3n) is 3.29. The molecule has 0 aromatic heterocycles. The Bertz CT molecular complexity index is 522. The van der Waals surface area contributed by atoms with Crippen LogP contribution < -0.4 is 11.5 Å². The number of ether oxygens (including phenoxy) is 2. The monoisotopic (exact) mass is 290 g/mol. The molecule has 114 valence electrons. The lowest BCUT2D eigenvalue weighted by molar-refractivity contribution is -0.114. The first-order valence-electron chi connectivity index (χ1n) is 6.71. The lowest BCUT2D eigenvalue weighted by atomic mass is 9.93. The number of hydrogen-bond donors (Lipinski definition) is 2. The van der Waals surface area contributed by atoms with Crippen molar-refractivity contribution in [3.8, 4) is 0 Å². The molecule has 6 nitrogen and oxygen atoms in total. The molecule has 0 unspecified atom stereocenters. The first-order valence-corrected chi connectivity index (χ1v) is 6.71. The summed E-state index contributed by atoms with van der Waals surface area (Å²) in [6.45, 7) is 1.89. The van der Waals surface area contributed by atoms with Crippen LogP contribution in [0.15, 0.2) is 35.5 Å². The zero-order valence-electron chi connectivity index (χ0n) is 11.7. The van der Waals surface area contributed by atoms with E-state index < -0.39 is 12.0 Å². The Hall–Kier alpha value is -2.34. The normalized spacial score (nSPS) is 26.5. The van der Waals surface area contributed by atoms with Gasteiger partial charge in [-0.3, -0.25) is 10.4 Å². The largest absolute Gasteiger partial charge is 0.444 e. The molecule has 0 spiro atoms. The van der Waals surface area contributed by atoms with Gasteiger partial charge < -0.3 is 20.9 Å². The summed E-state index contributed by atoms with van der Waals surface area (Å²) in [5.74, 6) is -0.512. The van der Waals surface area contributed by atoms with E-state index in [-0.39, 0.29) is 18.3 Å². The van der Waals surface area contributed by atoms with Gasteiger partial charge in [0.25, 0.3) is 0 Å². The minimum absolute atomic E-state index is 0.178. The Morgan fingerprint density at radius 1 is 1.57 bits per heavy atom. The molecule has 1 aliphatic carbocycles. The van der Waals surface area contributed by atoms with Gasteiger partial charge in [0.05, 0.1) is 6.10 Å². The number of amides is 2. The van der Waals surface area contributed by atoms with Crippen molar-refractivity contribution in [3.05, 3.63) is 48.3 Å². The highest BCUT2D eigenvalue weighted by atomic mass is 16.6. The van der Waals surface area contributed by atoms with Crippen LogP contribution in [0.2, 0.25) is 0 Å². The second-order valence-corrected chi connectivity index (χ2v) is 4.77. The Balaban J connectivity index is 2.04. The predicted octanol–water partition coefficient (Wildman–Crippen LogP) is 0.944. The molecular formula is C15H18N2O4-2. The van der Waals surface area contributed by atoms with Gasteiger partial charge in [-0.2, -0.15) is 18.6 Å². The predicted molar refractivity (Wildman–Crippen MR) is 76.5 cm³/mol. The summed E-state index contributed by atoms with van der Waals surface area (Å²) in [7, 11) is 0. The molecule has 6 heteroatoms. The van der Waals surface area contributed by atoms with E-state index in [9.17, 15) is 9.59 Å². The molecule has 3 atom stereocenters. The molecule has 1 saturated heterocycles. The first-order chi connectivity index (χ1) is 10.0. The lowest BCUT2D eigenvalue weighted by Crippen LogP contribution is -2.28. The van der Waals surface area contributed by atoms with E-state index >= 15 is 0 Å². The molecular weight excluding hydrogens is 272 g/mol. The summed E-state index contributed by atoms with van der Waals surface area (Å²) in [5, 5.41) is 0. The van der Waals surface area contributed by atoms with Gasteiger partial charge in [-0.05, 0) is 6.42 Å². The summed E-state index contributed by atoms with van der Waals surface area (Å²) < 4.78 is 10.7. The second-order valence-electron chi connectivity index (χ2n) is 4.77. The fourth-order valence-corrected chi connectivity index (χ4v) is 2.28. The number of epoxide rings is 1. The van der Waals surface area contributed by atoms with Gasteiger partial charge in [-0.1, -0.05) is 6.92 Å². The van der Waals surface area contributed by atoms with Crippen molar-refractivity contribution in [1.29, 1.82) is 0 Å². The van der Waals surface area contributed by atoms with Crippen LogP contribution in [0.5, 0.6) is 0 Å². The van der Waals surface area contributed by atoms with Crippen molar-refractivity contribution in [2.24, 2.45) is 11.5 Å². The fraction of sp³-hybridized carbons (Fsp3) is 0.333. The lowest BCUT2D eigenvalue weighted by Gasteiger charge is -2.27. The van der Waals surface area contributed by atoms with E-state index in [1.54, 1.807) is 6.08 Å². The average Bonchev–Trinajstić information content (AvgIpc) is 3.22. The topological polar surface area (TPSA) is 108 Å². The summed E-state index contributed by atoms with van der Waals surface area (Å²) in [6.07, 6.45) is 9.49. The van der Waals surface area contributed by atoms with Gasteiger partial charge in [0.15, 0.2) is 5.91 Å². The molecule has 2 aliphatic rings. The fourth-order valence-electron chi connectivity index (χ4n) is 2.28. The number of nitrogens with two attached hydrogens (primary N) is 2. The maximum atomic E-state index is 10.9. The molecule has 0 aromatic rings. The van der Waals surface area contributed by atoms with Crippen molar-refractivity contribution >= 4 is 12.0 Å². The molecule has 1 fully saturated rings. The molecule has 21 heavy (non-hydrogen) atoms. The van der Waals surface area contributed by atoms with E-state index in [2.05, 4.69) is 0 Å². The van der Waals surface area contributed by atoms with Crippen LogP contribution in [0.1, 0.15) is 13.3 Å². The summed E-state index contributed by atoms with van der Waals surface area (Å²) in [5.41, 5.74) is 11.9. The second kappa shape index (κ2) is 6.41. The van der Waals surface area contributed by atoms with E-state index in [1.165, 1.54) is 6.42 Å². The van der Waals surface area contributed by atoms with Crippen molar-refractivity contribution in [1.82, 2.24) is 0 Å². The van der Waals surface area contributed by atoms with Crippen LogP contribution in [0.4, 0.5) is 4.79 Å². The van der Waals surface area contributed by atoms with Crippen LogP contribution in [-0.2, 0) is 14.3 Å². The van der Waals surface area contributed by atoms with Gasteiger partial charge in [-0.15, -0.1) is 6.42 Å². The van der Waals surface area contributed by atoms with Crippen LogP contribution in [0.25, 0.3) is 0 Å². The van der Waals surface area contributed by atoms with Crippen molar-refractivity contribution in [2.45, 2.75) is 31.7 Å². The zero-order valence-corrected chi connectivity index (χ0v) is 11.7. The molecule has 1 heterocycles. The number of hydrogen-bond acceptors (Lipinski definition) is 4. The van der Waals surface area contributed by atoms with E-state index in [0.717, 1.165) is 11.1 Å². The van der Waals surface area contributed by atoms with Gasteiger partial charge in [0, 0.05) is 0 Å². The third kappa shape index (κ3) is 3.82. The summed E-state index contributed by atoms with van der Waals surface area (Å²) >= 11 is 0. The molecule has 0 radical (unpaired) electrons. The quantitative estimate of drug-likeness (QED) is 0.560. The summed E-state index contributed by atoms with van der Waals surface area (Å²) in [4.78, 5) is 21.7. The number of carbonyl (C=O) groups excluding carboxylic acids is 2. The van der Waals surface area contributed by atoms with Gasteiger partial charge >= 0.3 is 6.09 Å². The molecule has 1 aliphatic heterocycles. The molecule has 0 aromatic carbocycles. The van der Waals surface area contributed by atoms with Crippen LogP contribution in [0, 0.1) is 12.8 Å². The minimum Gasteiger partial charge on any atom is -0.444 e. The Kier molecular flexibility index (Phi) is 4.59. The van der Waals surface area contributed by atoms with Crippen LogP contribution in [0.3, 0.4) is 0 Å². The summed E-state index contributed by atoms with van der Waals surface area (Å²) in [6, 6.07) is 0. The smallest absolute Gasteiger partial charge is 0.404 e. The molecule has 0 bridgehead atoms. The minimum atomic E-state index is -0.807.